The van der Waals surface area contributed by atoms with E-state index in [0.29, 0.717) is 21.6 Å². The molecule has 4 nitrogen and oxygen atoms in total. The number of rotatable bonds is 2. The van der Waals surface area contributed by atoms with Crippen LogP contribution >= 0.6 is 27.3 Å². The Labute approximate surface area is 120 Å². The molecule has 0 unspecified atom stereocenters. The standard InChI is InChI=1S/C13H7BrN2O2S/c14-8-2-1-3-9-11(8)7(13(17)18)6-10(16-9)12-15-4-5-19-12/h1-6H,(H,17,18). The number of aromatic carboxylic acids is 1. The molecule has 0 aliphatic rings. The van der Waals surface area contributed by atoms with Gasteiger partial charge in [-0.25, -0.2) is 14.8 Å². The molecule has 1 aromatic carbocycles. The fourth-order valence-corrected chi connectivity index (χ4v) is 3.04. The molecule has 2 aromatic heterocycles. The SMILES string of the molecule is O=C(O)c1cc(-c2nccs2)nc2cccc(Br)c12. The van der Waals surface area contributed by atoms with E-state index in [-0.39, 0.29) is 5.56 Å². The Bertz CT molecular complexity index is 772. The molecule has 94 valence electrons. The van der Waals surface area contributed by atoms with Gasteiger partial charge >= 0.3 is 5.97 Å². The first-order chi connectivity index (χ1) is 9.16. The zero-order valence-corrected chi connectivity index (χ0v) is 11.9. The summed E-state index contributed by atoms with van der Waals surface area (Å²) in [5, 5.41) is 12.5. The first-order valence-corrected chi connectivity index (χ1v) is 7.06. The second-order valence-corrected chi connectivity index (χ2v) is 5.58. The summed E-state index contributed by atoms with van der Waals surface area (Å²) >= 11 is 4.80. The summed E-state index contributed by atoms with van der Waals surface area (Å²) < 4.78 is 0.723. The van der Waals surface area contributed by atoms with Crippen molar-refractivity contribution in [3.63, 3.8) is 0 Å². The quantitative estimate of drug-likeness (QED) is 0.773. The summed E-state index contributed by atoms with van der Waals surface area (Å²) in [5.41, 5.74) is 1.44. The number of carbonyl (C=O) groups is 1. The van der Waals surface area contributed by atoms with Crippen molar-refractivity contribution in [2.75, 3.05) is 0 Å². The molecule has 0 atom stereocenters. The van der Waals surface area contributed by atoms with Crippen LogP contribution < -0.4 is 0 Å². The van der Waals surface area contributed by atoms with E-state index in [1.54, 1.807) is 24.4 Å². The Morgan fingerprint density at radius 2 is 2.21 bits per heavy atom. The lowest BCUT2D eigenvalue weighted by Crippen LogP contribution is -2.00. The lowest BCUT2D eigenvalue weighted by Gasteiger charge is -2.06. The lowest BCUT2D eigenvalue weighted by atomic mass is 10.1. The van der Waals surface area contributed by atoms with Gasteiger partial charge in [0.1, 0.15) is 10.7 Å². The normalized spacial score (nSPS) is 10.8. The molecular weight excluding hydrogens is 328 g/mol. The van der Waals surface area contributed by atoms with Crippen molar-refractivity contribution in [3.8, 4) is 10.7 Å². The Hall–Kier alpha value is -1.79. The van der Waals surface area contributed by atoms with E-state index in [4.69, 9.17) is 0 Å². The van der Waals surface area contributed by atoms with Gasteiger partial charge < -0.3 is 5.11 Å². The summed E-state index contributed by atoms with van der Waals surface area (Å²) in [7, 11) is 0. The van der Waals surface area contributed by atoms with Crippen molar-refractivity contribution < 1.29 is 9.90 Å². The van der Waals surface area contributed by atoms with E-state index in [1.807, 2.05) is 11.4 Å². The Morgan fingerprint density at radius 3 is 2.89 bits per heavy atom. The van der Waals surface area contributed by atoms with Crippen LogP contribution in [-0.4, -0.2) is 21.0 Å². The van der Waals surface area contributed by atoms with Crippen molar-refractivity contribution in [1.29, 1.82) is 0 Å². The minimum atomic E-state index is -0.975. The Morgan fingerprint density at radius 1 is 1.37 bits per heavy atom. The van der Waals surface area contributed by atoms with Gasteiger partial charge in [0.2, 0.25) is 0 Å². The van der Waals surface area contributed by atoms with Crippen LogP contribution in [0.25, 0.3) is 21.6 Å². The summed E-state index contributed by atoms with van der Waals surface area (Å²) in [6.07, 6.45) is 1.67. The number of hydrogen-bond acceptors (Lipinski definition) is 4. The van der Waals surface area contributed by atoms with Gasteiger partial charge in [-0.1, -0.05) is 22.0 Å². The highest BCUT2D eigenvalue weighted by atomic mass is 79.9. The van der Waals surface area contributed by atoms with Gasteiger partial charge in [-0.15, -0.1) is 11.3 Å². The lowest BCUT2D eigenvalue weighted by molar-refractivity contribution is 0.0699. The third-order valence-electron chi connectivity index (χ3n) is 2.66. The monoisotopic (exact) mass is 334 g/mol. The maximum Gasteiger partial charge on any atom is 0.336 e. The zero-order chi connectivity index (χ0) is 13.4. The average Bonchev–Trinajstić information content (AvgIpc) is 2.91. The van der Waals surface area contributed by atoms with Crippen LogP contribution in [-0.2, 0) is 0 Å². The maximum atomic E-state index is 11.4. The predicted molar refractivity (Wildman–Crippen MR) is 77.5 cm³/mol. The van der Waals surface area contributed by atoms with Crippen molar-refractivity contribution in [2.45, 2.75) is 0 Å². The average molecular weight is 335 g/mol. The van der Waals surface area contributed by atoms with Crippen LogP contribution in [0.1, 0.15) is 10.4 Å². The summed E-state index contributed by atoms with van der Waals surface area (Å²) in [4.78, 5) is 20.1. The number of fused-ring (bicyclic) bond motifs is 1. The molecule has 19 heavy (non-hydrogen) atoms. The minimum absolute atomic E-state index is 0.225. The predicted octanol–water partition coefficient (Wildman–Crippen LogP) is 3.82. The van der Waals surface area contributed by atoms with Crippen molar-refractivity contribution in [2.24, 2.45) is 0 Å². The third-order valence-corrected chi connectivity index (χ3v) is 4.12. The van der Waals surface area contributed by atoms with Crippen LogP contribution in [0.5, 0.6) is 0 Å². The highest BCUT2D eigenvalue weighted by Gasteiger charge is 2.15. The number of halogens is 1. The number of pyridine rings is 1. The molecule has 0 spiro atoms. The molecule has 0 fully saturated rings. The van der Waals surface area contributed by atoms with Gasteiger partial charge in [-0.05, 0) is 18.2 Å². The van der Waals surface area contributed by atoms with Crippen molar-refractivity contribution in [1.82, 2.24) is 9.97 Å². The highest BCUT2D eigenvalue weighted by Crippen LogP contribution is 2.30. The summed E-state index contributed by atoms with van der Waals surface area (Å²) in [6, 6.07) is 6.99. The van der Waals surface area contributed by atoms with E-state index in [9.17, 15) is 9.90 Å². The molecule has 0 saturated carbocycles. The molecule has 2 heterocycles. The first kappa shape index (κ1) is 12.3. The van der Waals surface area contributed by atoms with Crippen molar-refractivity contribution >= 4 is 44.1 Å². The van der Waals surface area contributed by atoms with Gasteiger partial charge in [0, 0.05) is 21.4 Å². The number of thiazole rings is 1. The molecule has 1 N–H and O–H groups in total. The molecule has 0 aliphatic carbocycles. The molecule has 3 rings (SSSR count). The largest absolute Gasteiger partial charge is 0.478 e. The number of hydrogen-bond donors (Lipinski definition) is 1. The fourth-order valence-electron chi connectivity index (χ4n) is 1.87. The molecule has 0 aliphatic heterocycles. The molecule has 0 amide bonds. The van der Waals surface area contributed by atoms with Gasteiger partial charge in [-0.2, -0.15) is 0 Å². The molecule has 0 saturated heterocycles. The fraction of sp³-hybridized carbons (Fsp3) is 0. The summed E-state index contributed by atoms with van der Waals surface area (Å²) in [5.74, 6) is -0.975. The van der Waals surface area contributed by atoms with Crippen LogP contribution in [0, 0.1) is 0 Å². The number of benzene rings is 1. The summed E-state index contributed by atoms with van der Waals surface area (Å²) in [6.45, 7) is 0. The molecule has 6 heteroatoms. The topological polar surface area (TPSA) is 63.1 Å². The Kier molecular flexibility index (Phi) is 3.04. The third kappa shape index (κ3) is 2.13. The first-order valence-electron chi connectivity index (χ1n) is 5.39. The van der Waals surface area contributed by atoms with E-state index in [0.717, 1.165) is 4.47 Å². The minimum Gasteiger partial charge on any atom is -0.478 e. The second-order valence-electron chi connectivity index (χ2n) is 3.83. The van der Waals surface area contributed by atoms with E-state index < -0.39 is 5.97 Å². The van der Waals surface area contributed by atoms with E-state index >= 15 is 0 Å². The van der Waals surface area contributed by atoms with Crippen LogP contribution in [0.4, 0.5) is 0 Å². The van der Waals surface area contributed by atoms with Crippen LogP contribution in [0.15, 0.2) is 40.3 Å². The number of carboxylic acid groups (broad SMARTS) is 1. The molecule has 0 bridgehead atoms. The number of nitrogens with zero attached hydrogens (tertiary/aromatic N) is 2. The van der Waals surface area contributed by atoms with Gasteiger partial charge in [0.15, 0.2) is 0 Å². The van der Waals surface area contributed by atoms with E-state index in [2.05, 4.69) is 25.9 Å². The number of aromatic nitrogens is 2. The van der Waals surface area contributed by atoms with Gasteiger partial charge in [-0.3, -0.25) is 0 Å². The smallest absolute Gasteiger partial charge is 0.336 e. The molecule has 3 aromatic rings. The second kappa shape index (κ2) is 4.71. The molecular formula is C13H7BrN2O2S. The van der Waals surface area contributed by atoms with Crippen LogP contribution in [0.2, 0.25) is 0 Å². The van der Waals surface area contributed by atoms with Crippen LogP contribution in [0.3, 0.4) is 0 Å². The van der Waals surface area contributed by atoms with E-state index in [1.165, 1.54) is 11.3 Å². The zero-order valence-electron chi connectivity index (χ0n) is 9.50. The molecule has 0 radical (unpaired) electrons. The van der Waals surface area contributed by atoms with Crippen molar-refractivity contribution in [3.05, 3.63) is 45.9 Å². The highest BCUT2D eigenvalue weighted by molar-refractivity contribution is 9.10. The van der Waals surface area contributed by atoms with Gasteiger partial charge in [0.05, 0.1) is 11.1 Å². The number of carboxylic acids is 1. The Balaban J connectivity index is 2.38. The maximum absolute atomic E-state index is 11.4. The van der Waals surface area contributed by atoms with Gasteiger partial charge in [0.25, 0.3) is 0 Å².